The first-order chi connectivity index (χ1) is 9.82. The number of anilines is 1. The summed E-state index contributed by atoms with van der Waals surface area (Å²) in [5.41, 5.74) is 0.352. The second-order valence-corrected chi connectivity index (χ2v) is 5.62. The molecule has 1 N–H and O–H groups in total. The monoisotopic (exact) mass is 296 g/mol. The molecule has 1 aromatic heterocycles. The molecular formula is C13H20N4O4. The lowest BCUT2D eigenvalue weighted by Gasteiger charge is -2.25. The number of hydrogen-bond donors (Lipinski definition) is 1. The molecule has 1 fully saturated rings. The number of carboxylic acids is 1. The number of carbonyl (C=O) groups is 1. The highest BCUT2D eigenvalue weighted by atomic mass is 16.6. The maximum absolute atomic E-state index is 11.4. The van der Waals surface area contributed by atoms with Gasteiger partial charge >= 0.3 is 11.7 Å². The number of carboxylic acid groups (broad SMARTS) is 1. The van der Waals surface area contributed by atoms with Crippen LogP contribution in [-0.2, 0) is 4.79 Å². The highest BCUT2D eigenvalue weighted by Gasteiger charge is 2.38. The number of aryl methyl sites for hydroxylation is 1. The molecule has 0 aliphatic heterocycles. The lowest BCUT2D eigenvalue weighted by atomic mass is 10.3. The average Bonchev–Trinajstić information content (AvgIpc) is 3.12. The number of rotatable bonds is 7. The van der Waals surface area contributed by atoms with E-state index in [0.29, 0.717) is 11.5 Å². The summed E-state index contributed by atoms with van der Waals surface area (Å²) in [7, 11) is 0. The molecule has 1 heterocycles. The van der Waals surface area contributed by atoms with Gasteiger partial charge in [-0.25, -0.2) is 4.68 Å². The van der Waals surface area contributed by atoms with Crippen LogP contribution in [0.3, 0.4) is 0 Å². The molecule has 2 rings (SSSR count). The minimum absolute atomic E-state index is 0.0130. The summed E-state index contributed by atoms with van der Waals surface area (Å²) in [6.07, 6.45) is 1.81. The quantitative estimate of drug-likeness (QED) is 0.611. The van der Waals surface area contributed by atoms with E-state index in [4.69, 9.17) is 5.11 Å². The summed E-state index contributed by atoms with van der Waals surface area (Å²) >= 11 is 0. The summed E-state index contributed by atoms with van der Waals surface area (Å²) in [6, 6.07) is 0.148. The van der Waals surface area contributed by atoms with Crippen LogP contribution in [0.1, 0.15) is 44.8 Å². The second-order valence-electron chi connectivity index (χ2n) is 5.62. The fourth-order valence-electron chi connectivity index (χ4n) is 2.43. The Hall–Kier alpha value is -2.12. The fourth-order valence-corrected chi connectivity index (χ4v) is 2.43. The smallest absolute Gasteiger partial charge is 0.333 e. The third kappa shape index (κ3) is 3.14. The zero-order valence-electron chi connectivity index (χ0n) is 12.4. The van der Waals surface area contributed by atoms with Gasteiger partial charge in [0.25, 0.3) is 0 Å². The van der Waals surface area contributed by atoms with Crippen molar-refractivity contribution in [3.63, 3.8) is 0 Å². The lowest BCUT2D eigenvalue weighted by molar-refractivity contribution is -0.384. The number of nitro groups is 1. The van der Waals surface area contributed by atoms with E-state index in [9.17, 15) is 14.9 Å². The lowest BCUT2D eigenvalue weighted by Crippen LogP contribution is -2.31. The summed E-state index contributed by atoms with van der Waals surface area (Å²) in [4.78, 5) is 23.6. The fraction of sp³-hybridized carbons (Fsp3) is 0.692. The van der Waals surface area contributed by atoms with E-state index in [0.717, 1.165) is 12.8 Å². The average molecular weight is 296 g/mol. The maximum Gasteiger partial charge on any atom is 0.333 e. The Morgan fingerprint density at radius 2 is 2.19 bits per heavy atom. The Bertz CT molecular complexity index is 563. The molecule has 116 valence electrons. The van der Waals surface area contributed by atoms with E-state index in [1.54, 1.807) is 11.6 Å². The Kier molecular flexibility index (Phi) is 4.15. The summed E-state index contributed by atoms with van der Waals surface area (Å²) in [6.45, 7) is 5.69. The highest BCUT2D eigenvalue weighted by molar-refractivity contribution is 5.69. The van der Waals surface area contributed by atoms with Gasteiger partial charge in [-0.1, -0.05) is 0 Å². The van der Waals surface area contributed by atoms with E-state index in [2.05, 4.69) is 5.10 Å². The van der Waals surface area contributed by atoms with E-state index in [1.165, 1.54) is 0 Å². The normalized spacial score (nSPS) is 14.5. The third-order valence-corrected chi connectivity index (χ3v) is 3.53. The third-order valence-electron chi connectivity index (χ3n) is 3.53. The van der Waals surface area contributed by atoms with Crippen LogP contribution >= 0.6 is 0 Å². The molecule has 21 heavy (non-hydrogen) atoms. The van der Waals surface area contributed by atoms with Crippen LogP contribution in [0.2, 0.25) is 0 Å². The molecule has 0 aromatic carbocycles. The standard InChI is InChI=1S/C13H20N4O4/c1-8(2)16-13(12(17(20)21)9(3)14-16)15(10-4-5-10)7-6-11(18)19/h8,10H,4-7H2,1-3H3,(H,18,19). The van der Waals surface area contributed by atoms with Gasteiger partial charge in [0.1, 0.15) is 5.69 Å². The molecule has 8 nitrogen and oxygen atoms in total. The molecule has 1 aromatic rings. The van der Waals surface area contributed by atoms with Crippen molar-refractivity contribution < 1.29 is 14.8 Å². The Balaban J connectivity index is 2.46. The summed E-state index contributed by atoms with van der Waals surface area (Å²) < 4.78 is 1.63. The summed E-state index contributed by atoms with van der Waals surface area (Å²) in [5, 5.41) is 24.5. The molecule has 0 saturated heterocycles. The van der Waals surface area contributed by atoms with Crippen molar-refractivity contribution in [1.29, 1.82) is 0 Å². The highest BCUT2D eigenvalue weighted by Crippen LogP contribution is 2.39. The van der Waals surface area contributed by atoms with Crippen molar-refractivity contribution in [3.8, 4) is 0 Å². The van der Waals surface area contributed by atoms with Gasteiger partial charge < -0.3 is 10.0 Å². The molecule has 0 radical (unpaired) electrons. The molecule has 8 heteroatoms. The van der Waals surface area contributed by atoms with Crippen LogP contribution in [0.5, 0.6) is 0 Å². The predicted molar refractivity (Wildman–Crippen MR) is 76.6 cm³/mol. The second kappa shape index (κ2) is 5.71. The molecule has 0 atom stereocenters. The van der Waals surface area contributed by atoms with Crippen LogP contribution in [0.4, 0.5) is 11.5 Å². The maximum atomic E-state index is 11.4. The van der Waals surface area contributed by atoms with Crippen LogP contribution in [-0.4, -0.2) is 38.4 Å². The first kappa shape index (κ1) is 15.3. The van der Waals surface area contributed by atoms with Crippen molar-refractivity contribution >= 4 is 17.5 Å². The predicted octanol–water partition coefficient (Wildman–Crippen LogP) is 2.12. The van der Waals surface area contributed by atoms with Crippen LogP contribution in [0.15, 0.2) is 0 Å². The van der Waals surface area contributed by atoms with Crippen molar-refractivity contribution in [2.45, 2.75) is 52.1 Å². The van der Waals surface area contributed by atoms with Gasteiger partial charge in [-0.2, -0.15) is 5.10 Å². The number of aliphatic carboxylic acids is 1. The largest absolute Gasteiger partial charge is 0.481 e. The topological polar surface area (TPSA) is 102 Å². The zero-order valence-corrected chi connectivity index (χ0v) is 12.4. The minimum Gasteiger partial charge on any atom is -0.481 e. The SMILES string of the molecule is Cc1nn(C(C)C)c(N(CCC(=O)O)C2CC2)c1[N+](=O)[O-]. The van der Waals surface area contributed by atoms with Crippen LogP contribution in [0, 0.1) is 17.0 Å². The van der Waals surface area contributed by atoms with E-state index in [1.807, 2.05) is 18.7 Å². The van der Waals surface area contributed by atoms with Crippen molar-refractivity contribution in [2.75, 3.05) is 11.4 Å². The van der Waals surface area contributed by atoms with Crippen LogP contribution < -0.4 is 4.90 Å². The Labute approximate surface area is 122 Å². The molecule has 0 bridgehead atoms. The molecule has 1 aliphatic rings. The molecule has 0 unspecified atom stereocenters. The molecule has 0 amide bonds. The number of hydrogen-bond acceptors (Lipinski definition) is 5. The Morgan fingerprint density at radius 1 is 1.57 bits per heavy atom. The first-order valence-electron chi connectivity index (χ1n) is 7.04. The van der Waals surface area contributed by atoms with Crippen LogP contribution in [0.25, 0.3) is 0 Å². The minimum atomic E-state index is -0.907. The van der Waals surface area contributed by atoms with Gasteiger partial charge in [0.05, 0.1) is 11.3 Å². The summed E-state index contributed by atoms with van der Waals surface area (Å²) in [5.74, 6) is -0.466. The van der Waals surface area contributed by atoms with Gasteiger partial charge in [-0.3, -0.25) is 14.9 Å². The van der Waals surface area contributed by atoms with Gasteiger partial charge in [0, 0.05) is 18.6 Å². The zero-order chi connectivity index (χ0) is 15.7. The van der Waals surface area contributed by atoms with Gasteiger partial charge in [0.15, 0.2) is 0 Å². The van der Waals surface area contributed by atoms with Crippen molar-refractivity contribution in [1.82, 2.24) is 9.78 Å². The molecule has 1 saturated carbocycles. The van der Waals surface area contributed by atoms with Crippen molar-refractivity contribution in [3.05, 3.63) is 15.8 Å². The number of aromatic nitrogens is 2. The van der Waals surface area contributed by atoms with E-state index >= 15 is 0 Å². The Morgan fingerprint density at radius 3 is 2.62 bits per heavy atom. The van der Waals surface area contributed by atoms with Gasteiger partial charge in [-0.05, 0) is 33.6 Å². The van der Waals surface area contributed by atoms with Gasteiger partial charge in [0.2, 0.25) is 5.82 Å². The molecular weight excluding hydrogens is 276 g/mol. The van der Waals surface area contributed by atoms with E-state index in [-0.39, 0.29) is 30.7 Å². The first-order valence-corrected chi connectivity index (χ1v) is 7.04. The molecule has 1 aliphatic carbocycles. The van der Waals surface area contributed by atoms with Gasteiger partial charge in [-0.15, -0.1) is 0 Å². The van der Waals surface area contributed by atoms with E-state index < -0.39 is 10.9 Å². The van der Waals surface area contributed by atoms with Crippen molar-refractivity contribution in [2.24, 2.45) is 0 Å². The molecule has 0 spiro atoms. The number of nitrogens with zero attached hydrogens (tertiary/aromatic N) is 4.